The molecule has 0 aliphatic heterocycles. The molecule has 4 heavy (non-hydrogen) atoms. The van der Waals surface area contributed by atoms with Crippen molar-refractivity contribution in [1.82, 2.24) is 0 Å². The van der Waals surface area contributed by atoms with Crippen molar-refractivity contribution >= 4 is 68.4 Å². The van der Waals surface area contributed by atoms with Gasteiger partial charge in [-0.1, -0.05) is 0 Å². The van der Waals surface area contributed by atoms with E-state index in [2.05, 4.69) is 23.0 Å². The van der Waals surface area contributed by atoms with Gasteiger partial charge in [0.2, 0.25) is 0 Å². The molecule has 0 atom stereocenters. The van der Waals surface area contributed by atoms with Gasteiger partial charge in [0.05, 0.1) is 0 Å². The maximum absolute atomic E-state index is 2.76. The van der Waals surface area contributed by atoms with Gasteiger partial charge in [0.1, 0.15) is 0 Å². The molecule has 20 valence electrons. The first kappa shape index (κ1) is 9.99. The molecule has 0 saturated heterocycles. The van der Waals surface area contributed by atoms with Gasteiger partial charge in [-0.2, -0.15) is 0 Å². The van der Waals surface area contributed by atoms with Gasteiger partial charge in [-0.25, -0.2) is 0 Å². The van der Waals surface area contributed by atoms with Crippen LogP contribution in [0.25, 0.3) is 0 Å². The SMILES string of the molecule is [Se]=[Pb].[Se]=[Pb]. The molecule has 0 heterocycles. The van der Waals surface area contributed by atoms with E-state index in [1.54, 1.807) is 0 Å². The monoisotopic (exact) mass is 576 g/mol. The van der Waals surface area contributed by atoms with Crippen LogP contribution in [-0.2, 0) is 0 Å². The van der Waals surface area contributed by atoms with Crippen LogP contribution in [0.1, 0.15) is 0 Å². The van der Waals surface area contributed by atoms with Crippen molar-refractivity contribution in [3.05, 3.63) is 0 Å². The van der Waals surface area contributed by atoms with Gasteiger partial charge < -0.3 is 0 Å². The van der Waals surface area contributed by atoms with Gasteiger partial charge in [0, 0.05) is 0 Å². The molecule has 0 aromatic rings. The zero-order valence-corrected chi connectivity index (χ0v) is 13.0. The van der Waals surface area contributed by atoms with E-state index >= 15 is 0 Å². The predicted molar refractivity (Wildman–Crippen MR) is 23.0 cm³/mol. The number of hydrogen-bond acceptors (Lipinski definition) is 0. The molecule has 0 amide bonds. The van der Waals surface area contributed by atoms with Crippen molar-refractivity contribution in [2.75, 3.05) is 0 Å². The standard InChI is InChI=1S/2Pb.2Se. The Labute approximate surface area is 66.8 Å². The van der Waals surface area contributed by atoms with Crippen molar-refractivity contribution in [2.45, 2.75) is 0 Å². The zero-order chi connectivity index (χ0) is 4.00. The van der Waals surface area contributed by atoms with E-state index in [1.807, 2.05) is 0 Å². The van der Waals surface area contributed by atoms with Crippen molar-refractivity contribution in [3.63, 3.8) is 0 Å². The summed E-state index contributed by atoms with van der Waals surface area (Å²) >= 11 is 7.89. The first-order valence-corrected chi connectivity index (χ1v) is 18.6. The van der Waals surface area contributed by atoms with Crippen LogP contribution in [-0.4, -0.2) is 68.4 Å². The Bertz CT molecular complexity index is 6.00. The Morgan fingerprint density at radius 1 is 0.750 bits per heavy atom. The van der Waals surface area contributed by atoms with E-state index in [4.69, 9.17) is 0 Å². The van der Waals surface area contributed by atoms with Gasteiger partial charge in [-0.3, -0.25) is 0 Å². The predicted octanol–water partition coefficient (Wildman–Crippen LogP) is -1.52. The number of hydrogen-bond donors (Lipinski definition) is 0. The van der Waals surface area contributed by atoms with E-state index in [0.717, 1.165) is 0 Å². The Balaban J connectivity index is 0. The minimum atomic E-state index is 1.18. The Morgan fingerprint density at radius 2 is 0.750 bits per heavy atom. The van der Waals surface area contributed by atoms with Crippen molar-refractivity contribution in [1.29, 1.82) is 0 Å². The summed E-state index contributed by atoms with van der Waals surface area (Å²) in [6.45, 7) is 0. The van der Waals surface area contributed by atoms with Gasteiger partial charge in [0.15, 0.2) is 0 Å². The van der Waals surface area contributed by atoms with Gasteiger partial charge in [-0.15, -0.1) is 0 Å². The summed E-state index contributed by atoms with van der Waals surface area (Å²) in [5.41, 5.74) is 0. The summed E-state index contributed by atoms with van der Waals surface area (Å²) in [4.78, 5) is 0. The Morgan fingerprint density at radius 3 is 0.750 bits per heavy atom. The topological polar surface area (TPSA) is 0 Å². The molecule has 0 spiro atoms. The molecular formula is Pb2Se2. The van der Waals surface area contributed by atoms with Gasteiger partial charge in [-0.05, 0) is 0 Å². The third kappa shape index (κ3) is 8.86. The molecule has 4 radical (unpaired) electrons. The first-order chi connectivity index (χ1) is 2.00. The molecular weight excluding hydrogens is 572 g/mol. The van der Waals surface area contributed by atoms with Crippen LogP contribution in [0.5, 0.6) is 0 Å². The van der Waals surface area contributed by atoms with E-state index in [9.17, 15) is 0 Å². The summed E-state index contributed by atoms with van der Waals surface area (Å²) in [5, 5.41) is 0. The van der Waals surface area contributed by atoms with Gasteiger partial charge in [0.25, 0.3) is 0 Å². The molecule has 0 aliphatic rings. The molecule has 0 fully saturated rings. The second-order valence-corrected chi connectivity index (χ2v) is 0. The van der Waals surface area contributed by atoms with Crippen LogP contribution < -0.4 is 0 Å². The average Bonchev–Trinajstić information content (AvgIpc) is 1.50. The van der Waals surface area contributed by atoms with Crippen molar-refractivity contribution in [2.24, 2.45) is 0 Å². The second-order valence-electron chi connectivity index (χ2n) is 0. The average molecular weight is 572 g/mol. The molecule has 0 unspecified atom stereocenters. The summed E-state index contributed by atoms with van der Waals surface area (Å²) in [6, 6.07) is 0. The fourth-order valence-electron chi connectivity index (χ4n) is 0. The van der Waals surface area contributed by atoms with Crippen molar-refractivity contribution < 1.29 is 0 Å². The summed E-state index contributed by atoms with van der Waals surface area (Å²) in [6.07, 6.45) is 0. The zero-order valence-electron chi connectivity index (χ0n) is 1.82. The molecule has 0 rings (SSSR count). The molecule has 0 N–H and O–H groups in total. The van der Waals surface area contributed by atoms with Crippen LogP contribution in [0.2, 0.25) is 0 Å². The minimum absolute atomic E-state index is 1.18. The quantitative estimate of drug-likeness (QED) is 0.310. The second kappa shape index (κ2) is 16.9. The molecule has 0 saturated carbocycles. The number of rotatable bonds is 0. The molecule has 0 aliphatic carbocycles. The maximum atomic E-state index is 2.76. The third-order valence-corrected chi connectivity index (χ3v) is 0. The van der Waals surface area contributed by atoms with Crippen LogP contribution >= 0.6 is 0 Å². The third-order valence-electron chi connectivity index (χ3n) is 0. The summed E-state index contributed by atoms with van der Waals surface area (Å²) < 4.78 is 0. The fraction of sp³-hybridized carbons (Fsp3) is 0. The van der Waals surface area contributed by atoms with E-state index < -0.39 is 0 Å². The van der Waals surface area contributed by atoms with Gasteiger partial charge >= 0.3 is 68.4 Å². The first-order valence-electron chi connectivity index (χ1n) is 0.408. The Hall–Kier alpha value is 2.88. The molecule has 0 aromatic carbocycles. The normalized spacial score (nSPS) is 2.00. The Kier molecular flexibility index (Phi) is 42.2. The van der Waals surface area contributed by atoms with E-state index in [-0.39, 0.29) is 0 Å². The van der Waals surface area contributed by atoms with Crippen LogP contribution in [0, 0.1) is 0 Å². The van der Waals surface area contributed by atoms with Crippen LogP contribution in [0.15, 0.2) is 0 Å². The van der Waals surface area contributed by atoms with Crippen molar-refractivity contribution in [3.8, 4) is 0 Å². The summed E-state index contributed by atoms with van der Waals surface area (Å²) in [7, 11) is 0. The molecule has 0 aromatic heterocycles. The molecule has 0 nitrogen and oxygen atoms in total. The summed E-state index contributed by atoms with van der Waals surface area (Å²) in [5.74, 6) is 0. The van der Waals surface area contributed by atoms with E-state index in [0.29, 0.717) is 0 Å². The molecule has 4 heteroatoms. The fourth-order valence-corrected chi connectivity index (χ4v) is 0. The van der Waals surface area contributed by atoms with E-state index in [1.165, 1.54) is 45.4 Å². The van der Waals surface area contributed by atoms with Crippen LogP contribution in [0.3, 0.4) is 0 Å². The molecule has 0 bridgehead atoms. The van der Waals surface area contributed by atoms with Crippen LogP contribution in [0.4, 0.5) is 0 Å².